The Morgan fingerprint density at radius 2 is 2.16 bits per heavy atom. The molecule has 0 unspecified atom stereocenters. The van der Waals surface area contributed by atoms with Crippen LogP contribution >= 0.6 is 11.6 Å². The molecule has 1 aliphatic carbocycles. The van der Waals surface area contributed by atoms with Gasteiger partial charge in [0.25, 0.3) is 0 Å². The molecule has 4 heteroatoms. The molecule has 3 nitrogen and oxygen atoms in total. The number of fused-ring (bicyclic) bond motifs is 1. The van der Waals surface area contributed by atoms with Crippen molar-refractivity contribution in [1.82, 2.24) is 4.98 Å². The van der Waals surface area contributed by atoms with Gasteiger partial charge in [-0.1, -0.05) is 24.9 Å². The number of hydrogen-bond acceptors (Lipinski definition) is 3. The van der Waals surface area contributed by atoms with E-state index < -0.39 is 5.54 Å². The van der Waals surface area contributed by atoms with E-state index in [-0.39, 0.29) is 0 Å². The van der Waals surface area contributed by atoms with Gasteiger partial charge >= 0.3 is 0 Å². The lowest BCUT2D eigenvalue weighted by molar-refractivity contribution is 0.198. The smallest absolute Gasteiger partial charge is 0.215 e. The van der Waals surface area contributed by atoms with Crippen LogP contribution in [0.25, 0.3) is 11.1 Å². The third-order valence-electron chi connectivity index (χ3n) is 4.35. The summed E-state index contributed by atoms with van der Waals surface area (Å²) < 4.78 is 5.84. The fraction of sp³-hybridized carbons (Fsp3) is 0.533. The lowest BCUT2D eigenvalue weighted by Gasteiger charge is -2.34. The van der Waals surface area contributed by atoms with Crippen LogP contribution in [0.4, 0.5) is 0 Å². The summed E-state index contributed by atoms with van der Waals surface area (Å²) in [4.78, 5) is 4.54. The van der Waals surface area contributed by atoms with E-state index in [1.807, 2.05) is 18.2 Å². The molecular formula is C15H19ClN2O. The van der Waals surface area contributed by atoms with Crippen molar-refractivity contribution in [3.63, 3.8) is 0 Å². The van der Waals surface area contributed by atoms with Gasteiger partial charge in [0, 0.05) is 5.02 Å². The molecule has 102 valence electrons. The fourth-order valence-electron chi connectivity index (χ4n) is 2.93. The number of oxazole rings is 1. The highest BCUT2D eigenvalue weighted by Gasteiger charge is 2.37. The Morgan fingerprint density at radius 3 is 2.84 bits per heavy atom. The maximum absolute atomic E-state index is 6.51. The molecule has 0 saturated heterocycles. The standard InChI is InChI=1S/C15H19ClN2O/c1-2-10-5-7-15(17,8-6-10)14-18-12-9-11(16)3-4-13(12)19-14/h3-4,9-10H,2,5-8,17H2,1H3. The zero-order chi connectivity index (χ0) is 13.5. The Kier molecular flexibility index (Phi) is 3.27. The molecular weight excluding hydrogens is 260 g/mol. The SMILES string of the molecule is CCC1CCC(N)(c2nc3cc(Cl)ccc3o2)CC1. The molecule has 3 rings (SSSR count). The van der Waals surface area contributed by atoms with Gasteiger partial charge in [-0.05, 0) is 49.8 Å². The Morgan fingerprint density at radius 1 is 1.42 bits per heavy atom. The first-order chi connectivity index (χ1) is 9.10. The molecule has 0 aliphatic heterocycles. The first-order valence-corrected chi connectivity index (χ1v) is 7.34. The predicted molar refractivity (Wildman–Crippen MR) is 77.1 cm³/mol. The number of rotatable bonds is 2. The van der Waals surface area contributed by atoms with Crippen LogP contribution in [0, 0.1) is 5.92 Å². The highest BCUT2D eigenvalue weighted by molar-refractivity contribution is 6.31. The number of aromatic nitrogens is 1. The molecule has 2 aromatic rings. The van der Waals surface area contributed by atoms with Crippen molar-refractivity contribution in [1.29, 1.82) is 0 Å². The molecule has 0 amide bonds. The summed E-state index contributed by atoms with van der Waals surface area (Å²) in [5.41, 5.74) is 7.67. The van der Waals surface area contributed by atoms with Crippen LogP contribution in [0.5, 0.6) is 0 Å². The normalized spacial score (nSPS) is 27.8. The number of halogens is 1. The summed E-state index contributed by atoms with van der Waals surface area (Å²) in [6.07, 6.45) is 5.45. The topological polar surface area (TPSA) is 52.0 Å². The molecule has 19 heavy (non-hydrogen) atoms. The second-order valence-corrected chi connectivity index (χ2v) is 6.08. The summed E-state index contributed by atoms with van der Waals surface area (Å²) in [5, 5.41) is 0.674. The van der Waals surface area contributed by atoms with Crippen molar-refractivity contribution in [2.24, 2.45) is 11.7 Å². The van der Waals surface area contributed by atoms with Crippen LogP contribution in [0.15, 0.2) is 22.6 Å². The van der Waals surface area contributed by atoms with Crippen LogP contribution in [-0.4, -0.2) is 4.98 Å². The second-order valence-electron chi connectivity index (χ2n) is 5.64. The van der Waals surface area contributed by atoms with Gasteiger partial charge in [-0.2, -0.15) is 0 Å². The Bertz CT molecular complexity index is 585. The maximum Gasteiger partial charge on any atom is 0.215 e. The summed E-state index contributed by atoms with van der Waals surface area (Å²) in [6.45, 7) is 2.25. The van der Waals surface area contributed by atoms with Crippen LogP contribution in [0.2, 0.25) is 5.02 Å². The molecule has 1 heterocycles. The first-order valence-electron chi connectivity index (χ1n) is 6.96. The number of hydrogen-bond donors (Lipinski definition) is 1. The van der Waals surface area contributed by atoms with Crippen molar-refractivity contribution >= 4 is 22.7 Å². The highest BCUT2D eigenvalue weighted by atomic mass is 35.5. The van der Waals surface area contributed by atoms with Gasteiger partial charge in [0.05, 0.1) is 5.54 Å². The third kappa shape index (κ3) is 2.37. The zero-order valence-electron chi connectivity index (χ0n) is 11.2. The summed E-state index contributed by atoms with van der Waals surface area (Å²) in [6, 6.07) is 5.50. The second kappa shape index (κ2) is 4.80. The van der Waals surface area contributed by atoms with Crippen molar-refractivity contribution in [3.05, 3.63) is 29.1 Å². The van der Waals surface area contributed by atoms with Crippen LogP contribution in [-0.2, 0) is 5.54 Å². The molecule has 0 radical (unpaired) electrons. The van der Waals surface area contributed by atoms with Crippen molar-refractivity contribution in [2.75, 3.05) is 0 Å². The zero-order valence-corrected chi connectivity index (χ0v) is 11.9. The van der Waals surface area contributed by atoms with E-state index in [1.165, 1.54) is 6.42 Å². The van der Waals surface area contributed by atoms with Crippen LogP contribution < -0.4 is 5.73 Å². The lowest BCUT2D eigenvalue weighted by Crippen LogP contribution is -2.40. The average Bonchev–Trinajstić information content (AvgIpc) is 2.83. The first kappa shape index (κ1) is 12.9. The summed E-state index contributed by atoms with van der Waals surface area (Å²) >= 11 is 5.97. The fourth-order valence-corrected chi connectivity index (χ4v) is 3.09. The van der Waals surface area contributed by atoms with E-state index in [9.17, 15) is 0 Å². The largest absolute Gasteiger partial charge is 0.439 e. The Hall–Kier alpha value is -1.06. The summed E-state index contributed by atoms with van der Waals surface area (Å²) in [7, 11) is 0. The van der Waals surface area contributed by atoms with Gasteiger partial charge in [-0.3, -0.25) is 0 Å². The van der Waals surface area contributed by atoms with Crippen molar-refractivity contribution < 1.29 is 4.42 Å². The quantitative estimate of drug-likeness (QED) is 0.894. The Balaban J connectivity index is 1.91. The molecule has 0 bridgehead atoms. The van der Waals surface area contributed by atoms with Gasteiger partial charge in [-0.15, -0.1) is 0 Å². The minimum Gasteiger partial charge on any atom is -0.439 e. The number of nitrogens with two attached hydrogens (primary N) is 1. The van der Waals surface area contributed by atoms with Gasteiger partial charge in [-0.25, -0.2) is 4.98 Å². The minimum atomic E-state index is -0.406. The maximum atomic E-state index is 6.51. The number of nitrogens with zero attached hydrogens (tertiary/aromatic N) is 1. The monoisotopic (exact) mass is 278 g/mol. The van der Waals surface area contributed by atoms with Gasteiger partial charge in [0.15, 0.2) is 5.58 Å². The molecule has 1 aromatic heterocycles. The molecule has 0 atom stereocenters. The van der Waals surface area contributed by atoms with Crippen molar-refractivity contribution in [3.8, 4) is 0 Å². The van der Waals surface area contributed by atoms with Crippen LogP contribution in [0.1, 0.15) is 44.9 Å². The van der Waals surface area contributed by atoms with E-state index in [0.717, 1.165) is 42.7 Å². The van der Waals surface area contributed by atoms with E-state index in [4.69, 9.17) is 21.8 Å². The minimum absolute atomic E-state index is 0.406. The van der Waals surface area contributed by atoms with Gasteiger partial charge in [0.2, 0.25) is 5.89 Å². The van der Waals surface area contributed by atoms with E-state index >= 15 is 0 Å². The molecule has 1 saturated carbocycles. The molecule has 1 fully saturated rings. The van der Waals surface area contributed by atoms with E-state index in [2.05, 4.69) is 11.9 Å². The van der Waals surface area contributed by atoms with E-state index in [1.54, 1.807) is 0 Å². The number of benzene rings is 1. The van der Waals surface area contributed by atoms with Crippen molar-refractivity contribution in [2.45, 2.75) is 44.6 Å². The third-order valence-corrected chi connectivity index (χ3v) is 4.59. The predicted octanol–water partition coefficient (Wildman–Crippen LogP) is 4.24. The molecule has 2 N–H and O–H groups in total. The van der Waals surface area contributed by atoms with Gasteiger partial charge < -0.3 is 10.2 Å². The molecule has 1 aliphatic rings. The summed E-state index contributed by atoms with van der Waals surface area (Å²) in [5.74, 6) is 1.47. The van der Waals surface area contributed by atoms with Crippen LogP contribution in [0.3, 0.4) is 0 Å². The molecule has 0 spiro atoms. The Labute approximate surface area is 118 Å². The molecule has 1 aromatic carbocycles. The average molecular weight is 279 g/mol. The highest BCUT2D eigenvalue weighted by Crippen LogP contribution is 2.39. The van der Waals surface area contributed by atoms with Gasteiger partial charge in [0.1, 0.15) is 5.52 Å². The van der Waals surface area contributed by atoms with E-state index in [0.29, 0.717) is 10.9 Å². The lowest BCUT2D eigenvalue weighted by atomic mass is 9.76.